The molecular weight excluding hydrogens is 314 g/mol. The number of rotatable bonds is 5. The van der Waals surface area contributed by atoms with Crippen molar-refractivity contribution in [1.29, 1.82) is 0 Å². The first kappa shape index (κ1) is 17.2. The van der Waals surface area contributed by atoms with Crippen molar-refractivity contribution in [2.45, 2.75) is 32.9 Å². The Bertz CT molecular complexity index is 864. The maximum absolute atomic E-state index is 12.3. The Labute approximate surface area is 147 Å². The Balaban J connectivity index is 1.71. The summed E-state index contributed by atoms with van der Waals surface area (Å²) >= 11 is 0. The van der Waals surface area contributed by atoms with Crippen molar-refractivity contribution in [3.05, 3.63) is 60.2 Å². The third-order valence-corrected chi connectivity index (χ3v) is 3.83. The van der Waals surface area contributed by atoms with Crippen LogP contribution in [-0.4, -0.2) is 22.1 Å². The highest BCUT2D eigenvalue weighted by atomic mass is 16.5. The molecule has 130 valence electrons. The molecule has 0 saturated heterocycles. The van der Waals surface area contributed by atoms with Crippen molar-refractivity contribution in [1.82, 2.24) is 9.55 Å². The number of para-hydroxylation sites is 2. The Morgan fingerprint density at radius 1 is 1.08 bits per heavy atom. The number of nitrogens with zero attached hydrogens (tertiary/aromatic N) is 2. The molecule has 1 amide bonds. The standard InChI is InChI=1S/C20H23N3O2/c1-20(2,3)23-17-12-8-7-11-16(17)21-19(23)22-18(24)14-25-13-15-9-5-4-6-10-15/h4-12H,13-14H2,1-3H3,(H,21,22,24). The van der Waals surface area contributed by atoms with Crippen LogP contribution < -0.4 is 5.32 Å². The van der Waals surface area contributed by atoms with Crippen LogP contribution in [0.2, 0.25) is 0 Å². The van der Waals surface area contributed by atoms with Gasteiger partial charge in [0, 0.05) is 5.54 Å². The monoisotopic (exact) mass is 337 g/mol. The summed E-state index contributed by atoms with van der Waals surface area (Å²) in [4.78, 5) is 16.8. The summed E-state index contributed by atoms with van der Waals surface area (Å²) in [6.45, 7) is 6.65. The van der Waals surface area contributed by atoms with E-state index in [0.717, 1.165) is 16.6 Å². The normalized spacial score (nSPS) is 11.6. The lowest BCUT2D eigenvalue weighted by Gasteiger charge is -2.24. The minimum absolute atomic E-state index is 0.0117. The summed E-state index contributed by atoms with van der Waals surface area (Å²) in [6, 6.07) is 17.7. The van der Waals surface area contributed by atoms with E-state index in [1.54, 1.807) is 0 Å². The molecule has 1 N–H and O–H groups in total. The zero-order valence-corrected chi connectivity index (χ0v) is 14.8. The maximum atomic E-state index is 12.3. The first-order chi connectivity index (χ1) is 11.9. The average Bonchev–Trinajstić information content (AvgIpc) is 2.93. The van der Waals surface area contributed by atoms with E-state index >= 15 is 0 Å². The number of fused-ring (bicyclic) bond motifs is 1. The molecule has 0 atom stereocenters. The molecule has 5 nitrogen and oxygen atoms in total. The summed E-state index contributed by atoms with van der Waals surface area (Å²) in [6.07, 6.45) is 0. The van der Waals surface area contributed by atoms with E-state index in [1.165, 1.54) is 0 Å². The molecule has 5 heteroatoms. The van der Waals surface area contributed by atoms with Crippen LogP contribution in [0.1, 0.15) is 26.3 Å². The number of ether oxygens (including phenoxy) is 1. The van der Waals surface area contributed by atoms with E-state index in [1.807, 2.05) is 59.2 Å². The van der Waals surface area contributed by atoms with E-state index in [9.17, 15) is 4.79 Å². The second-order valence-corrected chi connectivity index (χ2v) is 6.96. The third-order valence-electron chi connectivity index (χ3n) is 3.83. The zero-order chi connectivity index (χ0) is 17.9. The number of hydrogen-bond acceptors (Lipinski definition) is 3. The van der Waals surface area contributed by atoms with Gasteiger partial charge in [-0.05, 0) is 38.5 Å². The number of anilines is 1. The van der Waals surface area contributed by atoms with Gasteiger partial charge >= 0.3 is 0 Å². The van der Waals surface area contributed by atoms with Crippen LogP contribution in [0.4, 0.5) is 5.95 Å². The Morgan fingerprint density at radius 2 is 1.76 bits per heavy atom. The molecule has 0 aliphatic carbocycles. The maximum Gasteiger partial charge on any atom is 0.252 e. The fourth-order valence-corrected chi connectivity index (χ4v) is 2.79. The van der Waals surface area contributed by atoms with Crippen molar-refractivity contribution in [3.8, 4) is 0 Å². The molecule has 25 heavy (non-hydrogen) atoms. The van der Waals surface area contributed by atoms with E-state index < -0.39 is 0 Å². The van der Waals surface area contributed by atoms with Gasteiger partial charge < -0.3 is 9.30 Å². The fraction of sp³-hybridized carbons (Fsp3) is 0.300. The lowest BCUT2D eigenvalue weighted by Crippen LogP contribution is -2.27. The Hall–Kier alpha value is -2.66. The number of imidazole rings is 1. The van der Waals surface area contributed by atoms with E-state index in [2.05, 4.69) is 31.1 Å². The number of carbonyl (C=O) groups is 1. The van der Waals surface area contributed by atoms with Gasteiger partial charge in [0.15, 0.2) is 0 Å². The van der Waals surface area contributed by atoms with Gasteiger partial charge in [0.2, 0.25) is 5.95 Å². The van der Waals surface area contributed by atoms with Crippen molar-refractivity contribution >= 4 is 22.9 Å². The number of nitrogens with one attached hydrogen (secondary N) is 1. The molecule has 0 unspecified atom stereocenters. The SMILES string of the molecule is CC(C)(C)n1c(NC(=O)COCc2ccccc2)nc2ccccc21. The summed E-state index contributed by atoms with van der Waals surface area (Å²) in [5.41, 5.74) is 2.69. The molecule has 1 heterocycles. The number of hydrogen-bond donors (Lipinski definition) is 1. The van der Waals surface area contributed by atoms with Crippen LogP contribution in [0.3, 0.4) is 0 Å². The molecule has 1 aromatic heterocycles. The molecule has 2 aromatic carbocycles. The third kappa shape index (κ3) is 4.06. The summed E-state index contributed by atoms with van der Waals surface area (Å²) in [5.74, 6) is 0.332. The molecule has 0 aliphatic rings. The molecule has 0 radical (unpaired) electrons. The van der Waals surface area contributed by atoms with Gasteiger partial charge in [0.05, 0.1) is 17.6 Å². The van der Waals surface area contributed by atoms with Crippen molar-refractivity contribution < 1.29 is 9.53 Å². The first-order valence-electron chi connectivity index (χ1n) is 8.34. The molecule has 3 aromatic rings. The highest BCUT2D eigenvalue weighted by molar-refractivity contribution is 5.92. The average molecular weight is 337 g/mol. The predicted molar refractivity (Wildman–Crippen MR) is 99.5 cm³/mol. The second kappa shape index (κ2) is 7.07. The number of carbonyl (C=O) groups excluding carboxylic acids is 1. The fourth-order valence-electron chi connectivity index (χ4n) is 2.79. The van der Waals surface area contributed by atoms with E-state index in [4.69, 9.17) is 4.74 Å². The van der Waals surface area contributed by atoms with Gasteiger partial charge in [0.25, 0.3) is 5.91 Å². The van der Waals surface area contributed by atoms with Crippen LogP contribution >= 0.6 is 0 Å². The Kier molecular flexibility index (Phi) is 4.86. The summed E-state index contributed by atoms with van der Waals surface area (Å²) in [7, 11) is 0. The van der Waals surface area contributed by atoms with Crippen molar-refractivity contribution in [2.75, 3.05) is 11.9 Å². The topological polar surface area (TPSA) is 56.2 Å². The minimum Gasteiger partial charge on any atom is -0.367 e. The molecule has 3 rings (SSSR count). The quantitative estimate of drug-likeness (QED) is 0.767. The minimum atomic E-state index is -0.211. The first-order valence-corrected chi connectivity index (χ1v) is 8.34. The highest BCUT2D eigenvalue weighted by Gasteiger charge is 2.22. The van der Waals surface area contributed by atoms with Gasteiger partial charge in [-0.3, -0.25) is 10.1 Å². The smallest absolute Gasteiger partial charge is 0.252 e. The highest BCUT2D eigenvalue weighted by Crippen LogP contribution is 2.27. The van der Waals surface area contributed by atoms with Crippen molar-refractivity contribution in [2.24, 2.45) is 0 Å². The van der Waals surface area contributed by atoms with Crippen LogP contribution in [0, 0.1) is 0 Å². The largest absolute Gasteiger partial charge is 0.367 e. The van der Waals surface area contributed by atoms with Crippen LogP contribution in [-0.2, 0) is 21.7 Å². The van der Waals surface area contributed by atoms with Gasteiger partial charge in [-0.25, -0.2) is 4.98 Å². The lowest BCUT2D eigenvalue weighted by atomic mass is 10.1. The molecule has 0 spiro atoms. The molecule has 0 bridgehead atoms. The molecule has 0 aliphatic heterocycles. The number of amides is 1. The van der Waals surface area contributed by atoms with Crippen LogP contribution in [0.25, 0.3) is 11.0 Å². The molecular formula is C20H23N3O2. The van der Waals surface area contributed by atoms with Crippen LogP contribution in [0.15, 0.2) is 54.6 Å². The van der Waals surface area contributed by atoms with Gasteiger partial charge in [-0.1, -0.05) is 42.5 Å². The Morgan fingerprint density at radius 3 is 2.48 bits per heavy atom. The van der Waals surface area contributed by atoms with Crippen molar-refractivity contribution in [3.63, 3.8) is 0 Å². The zero-order valence-electron chi connectivity index (χ0n) is 14.8. The van der Waals surface area contributed by atoms with Crippen LogP contribution in [0.5, 0.6) is 0 Å². The van der Waals surface area contributed by atoms with E-state index in [0.29, 0.717) is 12.6 Å². The van der Waals surface area contributed by atoms with E-state index in [-0.39, 0.29) is 18.1 Å². The van der Waals surface area contributed by atoms with Gasteiger partial charge in [-0.2, -0.15) is 0 Å². The number of aromatic nitrogens is 2. The molecule has 0 saturated carbocycles. The predicted octanol–water partition coefficient (Wildman–Crippen LogP) is 3.95. The van der Waals surface area contributed by atoms with Gasteiger partial charge in [-0.15, -0.1) is 0 Å². The lowest BCUT2D eigenvalue weighted by molar-refractivity contribution is -0.121. The summed E-state index contributed by atoms with van der Waals surface area (Å²) in [5, 5.41) is 2.88. The number of benzene rings is 2. The molecule has 0 fully saturated rings. The second-order valence-electron chi connectivity index (χ2n) is 6.96. The van der Waals surface area contributed by atoms with Gasteiger partial charge in [0.1, 0.15) is 6.61 Å². The summed E-state index contributed by atoms with van der Waals surface area (Å²) < 4.78 is 7.54.